The summed E-state index contributed by atoms with van der Waals surface area (Å²) in [5, 5.41) is 0. The highest BCUT2D eigenvalue weighted by Crippen LogP contribution is 2.21. The largest absolute Gasteiger partial charge is 0.330 e. The van der Waals surface area contributed by atoms with E-state index in [1.807, 2.05) is 55.6 Å². The van der Waals surface area contributed by atoms with Crippen LogP contribution in [0.25, 0.3) is 22.4 Å². The van der Waals surface area contributed by atoms with E-state index < -0.39 is 0 Å². The van der Waals surface area contributed by atoms with Crippen LogP contribution in [0.2, 0.25) is 0 Å². The molecule has 1 N–H and O–H groups in total. The van der Waals surface area contributed by atoms with E-state index in [2.05, 4.69) is 20.5 Å². The van der Waals surface area contributed by atoms with Crippen LogP contribution in [0.5, 0.6) is 0 Å². The van der Waals surface area contributed by atoms with Gasteiger partial charge in [-0.25, -0.2) is 9.97 Å². The zero-order valence-electron chi connectivity index (χ0n) is 15.7. The summed E-state index contributed by atoms with van der Waals surface area (Å²) < 4.78 is 2.13. The number of imidazole rings is 1. The Morgan fingerprint density at radius 3 is 2.64 bits per heavy atom. The number of benzene rings is 2. The van der Waals surface area contributed by atoms with Crippen LogP contribution in [0.4, 0.5) is 0 Å². The number of fused-ring (bicyclic) bond motifs is 2. The fourth-order valence-electron chi connectivity index (χ4n) is 3.89. The SMILES string of the molecule is Cn1c(CN2CCc3nc(-c4ccccc4)[nH]c(=O)c3C2)nc2ccccc21. The Balaban J connectivity index is 1.42. The second-order valence-corrected chi connectivity index (χ2v) is 7.24. The van der Waals surface area contributed by atoms with Crippen LogP contribution >= 0.6 is 0 Å². The first kappa shape index (κ1) is 16.9. The summed E-state index contributed by atoms with van der Waals surface area (Å²) in [6, 6.07) is 17.9. The molecule has 0 saturated heterocycles. The van der Waals surface area contributed by atoms with Crippen molar-refractivity contribution < 1.29 is 0 Å². The van der Waals surface area contributed by atoms with Gasteiger partial charge in [0.2, 0.25) is 0 Å². The first-order valence-electron chi connectivity index (χ1n) is 9.49. The molecule has 1 aliphatic rings. The maximum Gasteiger partial charge on any atom is 0.255 e. The van der Waals surface area contributed by atoms with Crippen LogP contribution in [0, 0.1) is 0 Å². The fraction of sp³-hybridized carbons (Fsp3) is 0.227. The smallest absolute Gasteiger partial charge is 0.255 e. The predicted molar refractivity (Wildman–Crippen MR) is 109 cm³/mol. The number of nitrogens with one attached hydrogen (secondary N) is 1. The number of aryl methyl sites for hydroxylation is 1. The van der Waals surface area contributed by atoms with Crippen LogP contribution in [0.1, 0.15) is 17.1 Å². The van der Waals surface area contributed by atoms with Gasteiger partial charge in [-0.1, -0.05) is 42.5 Å². The van der Waals surface area contributed by atoms with Crippen molar-refractivity contribution in [2.75, 3.05) is 6.54 Å². The third-order valence-electron chi connectivity index (χ3n) is 5.44. The summed E-state index contributed by atoms with van der Waals surface area (Å²) >= 11 is 0. The maximum atomic E-state index is 12.7. The molecule has 140 valence electrons. The van der Waals surface area contributed by atoms with E-state index in [4.69, 9.17) is 9.97 Å². The molecule has 0 radical (unpaired) electrons. The summed E-state index contributed by atoms with van der Waals surface area (Å²) in [4.78, 5) is 27.4. The predicted octanol–water partition coefficient (Wildman–Crippen LogP) is 2.88. The van der Waals surface area contributed by atoms with Crippen molar-refractivity contribution in [1.29, 1.82) is 0 Å². The van der Waals surface area contributed by atoms with Crippen molar-refractivity contribution in [3.63, 3.8) is 0 Å². The van der Waals surface area contributed by atoms with E-state index in [0.717, 1.165) is 46.6 Å². The third-order valence-corrected chi connectivity index (χ3v) is 5.44. The molecule has 0 fully saturated rings. The van der Waals surface area contributed by atoms with Gasteiger partial charge in [0, 0.05) is 32.1 Å². The lowest BCUT2D eigenvalue weighted by atomic mass is 10.1. The molecule has 3 heterocycles. The second kappa shape index (κ2) is 6.73. The number of aromatic nitrogens is 4. The molecule has 2 aromatic heterocycles. The summed E-state index contributed by atoms with van der Waals surface area (Å²) in [5.41, 5.74) is 4.70. The van der Waals surface area contributed by atoms with Gasteiger partial charge in [-0.05, 0) is 12.1 Å². The molecule has 0 saturated carbocycles. The van der Waals surface area contributed by atoms with Gasteiger partial charge >= 0.3 is 0 Å². The number of H-pyrrole nitrogens is 1. The highest BCUT2D eigenvalue weighted by Gasteiger charge is 2.23. The average molecular weight is 371 g/mol. The first-order chi connectivity index (χ1) is 13.7. The number of aromatic amines is 1. The van der Waals surface area contributed by atoms with Crippen molar-refractivity contribution in [3.8, 4) is 11.4 Å². The van der Waals surface area contributed by atoms with Crippen molar-refractivity contribution in [1.82, 2.24) is 24.4 Å². The molecule has 0 atom stereocenters. The van der Waals surface area contributed by atoms with Gasteiger partial charge < -0.3 is 9.55 Å². The number of rotatable bonds is 3. The Hall–Kier alpha value is -3.25. The minimum Gasteiger partial charge on any atom is -0.330 e. The molecule has 4 aromatic rings. The van der Waals surface area contributed by atoms with Gasteiger partial charge in [0.15, 0.2) is 0 Å². The molecule has 6 heteroatoms. The summed E-state index contributed by atoms with van der Waals surface area (Å²) in [5.74, 6) is 1.66. The quantitative estimate of drug-likeness (QED) is 0.601. The Labute approximate surface area is 162 Å². The van der Waals surface area contributed by atoms with E-state index in [0.29, 0.717) is 18.9 Å². The average Bonchev–Trinajstić information content (AvgIpc) is 3.04. The van der Waals surface area contributed by atoms with Gasteiger partial charge in [-0.3, -0.25) is 9.69 Å². The molecule has 6 nitrogen and oxygen atoms in total. The van der Waals surface area contributed by atoms with Crippen LogP contribution in [0.3, 0.4) is 0 Å². The van der Waals surface area contributed by atoms with Crippen LogP contribution in [0.15, 0.2) is 59.4 Å². The van der Waals surface area contributed by atoms with Crippen molar-refractivity contribution in [3.05, 3.63) is 82.0 Å². The molecule has 2 aromatic carbocycles. The topological polar surface area (TPSA) is 66.8 Å². The number of hydrogen-bond acceptors (Lipinski definition) is 4. The maximum absolute atomic E-state index is 12.7. The Bertz CT molecular complexity index is 1210. The first-order valence-corrected chi connectivity index (χ1v) is 9.49. The Kier molecular flexibility index (Phi) is 4.06. The van der Waals surface area contributed by atoms with E-state index in [1.165, 1.54) is 0 Å². The molecule has 0 amide bonds. The standard InChI is InChI=1S/C22H21N5O/c1-26-19-10-6-5-9-18(19)23-20(26)14-27-12-11-17-16(13-27)22(28)25-21(24-17)15-7-3-2-4-8-15/h2-10H,11-14H2,1H3,(H,24,25,28). The molecule has 0 spiro atoms. The summed E-state index contributed by atoms with van der Waals surface area (Å²) in [6.07, 6.45) is 0.767. The molecule has 1 aliphatic heterocycles. The lowest BCUT2D eigenvalue weighted by molar-refractivity contribution is 0.234. The van der Waals surface area contributed by atoms with Gasteiger partial charge in [0.25, 0.3) is 5.56 Å². The van der Waals surface area contributed by atoms with Crippen molar-refractivity contribution >= 4 is 11.0 Å². The highest BCUT2D eigenvalue weighted by atomic mass is 16.1. The summed E-state index contributed by atoms with van der Waals surface area (Å²) in [7, 11) is 2.04. The van der Waals surface area contributed by atoms with Gasteiger partial charge in [-0.2, -0.15) is 0 Å². The van der Waals surface area contributed by atoms with Crippen LogP contribution < -0.4 is 5.56 Å². The van der Waals surface area contributed by atoms with Crippen LogP contribution in [-0.4, -0.2) is 31.0 Å². The molecule has 0 aliphatic carbocycles. The Morgan fingerprint density at radius 1 is 1.04 bits per heavy atom. The zero-order valence-corrected chi connectivity index (χ0v) is 15.7. The molecule has 0 bridgehead atoms. The van der Waals surface area contributed by atoms with Gasteiger partial charge in [-0.15, -0.1) is 0 Å². The highest BCUT2D eigenvalue weighted by molar-refractivity contribution is 5.75. The Morgan fingerprint density at radius 2 is 1.82 bits per heavy atom. The minimum absolute atomic E-state index is 0.0430. The van der Waals surface area contributed by atoms with Crippen molar-refractivity contribution in [2.24, 2.45) is 7.05 Å². The van der Waals surface area contributed by atoms with Gasteiger partial charge in [0.1, 0.15) is 11.6 Å². The van der Waals surface area contributed by atoms with E-state index >= 15 is 0 Å². The number of para-hydroxylation sites is 2. The normalized spacial score (nSPS) is 14.3. The third kappa shape index (κ3) is 2.92. The number of nitrogens with zero attached hydrogens (tertiary/aromatic N) is 4. The zero-order chi connectivity index (χ0) is 19.1. The monoisotopic (exact) mass is 371 g/mol. The van der Waals surface area contributed by atoms with Gasteiger partial charge in [0.05, 0.1) is 28.8 Å². The number of hydrogen-bond donors (Lipinski definition) is 1. The van der Waals surface area contributed by atoms with E-state index in [9.17, 15) is 4.79 Å². The second-order valence-electron chi connectivity index (χ2n) is 7.24. The molecular formula is C22H21N5O. The molecule has 0 unspecified atom stereocenters. The lowest BCUT2D eigenvalue weighted by Gasteiger charge is -2.27. The van der Waals surface area contributed by atoms with E-state index in [-0.39, 0.29) is 5.56 Å². The molecular weight excluding hydrogens is 350 g/mol. The minimum atomic E-state index is -0.0430. The van der Waals surface area contributed by atoms with Crippen LogP contribution in [-0.2, 0) is 26.6 Å². The lowest BCUT2D eigenvalue weighted by Crippen LogP contribution is -2.36. The summed E-state index contributed by atoms with van der Waals surface area (Å²) in [6.45, 7) is 2.17. The molecule has 28 heavy (non-hydrogen) atoms. The van der Waals surface area contributed by atoms with E-state index in [1.54, 1.807) is 0 Å². The molecule has 5 rings (SSSR count). The van der Waals surface area contributed by atoms with Crippen molar-refractivity contribution in [2.45, 2.75) is 19.5 Å². The fourth-order valence-corrected chi connectivity index (χ4v) is 3.89.